The molecule has 2 aromatic rings. The number of rotatable bonds is 3. The quantitative estimate of drug-likeness (QED) is 0.835. The van der Waals surface area contributed by atoms with Crippen molar-refractivity contribution in [2.75, 3.05) is 0 Å². The summed E-state index contributed by atoms with van der Waals surface area (Å²) in [6.07, 6.45) is -4.41. The molecule has 2 aromatic carbocycles. The highest BCUT2D eigenvalue weighted by Crippen LogP contribution is 2.30. The van der Waals surface area contributed by atoms with E-state index in [0.29, 0.717) is 10.5 Å². The molecule has 0 aliphatic rings. The molecule has 120 valence electrons. The van der Waals surface area contributed by atoms with Gasteiger partial charge in [-0.05, 0) is 48.3 Å². The van der Waals surface area contributed by atoms with Crippen LogP contribution >= 0.6 is 11.9 Å². The second-order valence-corrected chi connectivity index (χ2v) is 5.26. The van der Waals surface area contributed by atoms with Gasteiger partial charge in [-0.3, -0.25) is 14.8 Å². The van der Waals surface area contributed by atoms with Crippen LogP contribution in [0, 0.1) is 0 Å². The third kappa shape index (κ3) is 5.03. The normalized spacial score (nSPS) is 10.9. The minimum atomic E-state index is -4.41. The molecule has 0 bridgehead atoms. The zero-order valence-corrected chi connectivity index (χ0v) is 12.4. The van der Waals surface area contributed by atoms with E-state index in [1.807, 2.05) is 0 Å². The van der Waals surface area contributed by atoms with Crippen molar-refractivity contribution in [1.29, 1.82) is 0 Å². The summed E-state index contributed by atoms with van der Waals surface area (Å²) >= 11 is 0.803. The van der Waals surface area contributed by atoms with Gasteiger partial charge < -0.3 is 0 Å². The van der Waals surface area contributed by atoms with Gasteiger partial charge in [0.25, 0.3) is 5.91 Å². The molecule has 0 saturated heterocycles. The number of hydrogen-bond donors (Lipinski definition) is 2. The van der Waals surface area contributed by atoms with Crippen LogP contribution < -0.4 is 10.0 Å². The molecule has 0 aromatic heterocycles. The predicted molar refractivity (Wildman–Crippen MR) is 79.7 cm³/mol. The Labute approximate surface area is 134 Å². The second-order valence-electron chi connectivity index (χ2n) is 4.38. The molecule has 2 rings (SSSR count). The molecule has 0 heterocycles. The molecule has 0 spiro atoms. The van der Waals surface area contributed by atoms with E-state index in [0.717, 1.165) is 24.1 Å². The highest BCUT2D eigenvalue weighted by Gasteiger charge is 2.29. The number of amides is 3. The maximum Gasteiger partial charge on any atom is 0.416 e. The van der Waals surface area contributed by atoms with Crippen LogP contribution in [0.1, 0.15) is 15.9 Å². The third-order valence-corrected chi connectivity index (χ3v) is 3.50. The van der Waals surface area contributed by atoms with E-state index in [4.69, 9.17) is 0 Å². The van der Waals surface area contributed by atoms with Crippen LogP contribution in [-0.4, -0.2) is 11.9 Å². The highest BCUT2D eigenvalue weighted by molar-refractivity contribution is 7.98. The van der Waals surface area contributed by atoms with Crippen molar-refractivity contribution in [2.45, 2.75) is 11.1 Å². The summed E-state index contributed by atoms with van der Waals surface area (Å²) in [5.41, 5.74) is -0.451. The predicted octanol–water partition coefficient (Wildman–Crippen LogP) is 3.85. The van der Waals surface area contributed by atoms with E-state index in [1.54, 1.807) is 30.3 Å². The van der Waals surface area contributed by atoms with E-state index < -0.39 is 23.7 Å². The maximum atomic E-state index is 12.4. The van der Waals surface area contributed by atoms with Crippen LogP contribution in [-0.2, 0) is 6.18 Å². The van der Waals surface area contributed by atoms with Gasteiger partial charge in [-0.1, -0.05) is 18.2 Å². The second kappa shape index (κ2) is 7.19. The van der Waals surface area contributed by atoms with Gasteiger partial charge in [-0.2, -0.15) is 13.2 Å². The smallest absolute Gasteiger partial charge is 0.277 e. The van der Waals surface area contributed by atoms with Crippen LogP contribution in [0.25, 0.3) is 0 Å². The molecule has 0 fully saturated rings. The van der Waals surface area contributed by atoms with Gasteiger partial charge in [0.2, 0.25) is 0 Å². The molecule has 0 aliphatic heterocycles. The number of urea groups is 1. The molecular formula is C15H11F3N2O2S. The first-order valence-corrected chi connectivity index (χ1v) is 7.18. The third-order valence-electron chi connectivity index (χ3n) is 2.71. The summed E-state index contributed by atoms with van der Waals surface area (Å²) in [5, 5.41) is 2.11. The van der Waals surface area contributed by atoms with Crippen molar-refractivity contribution in [3.05, 3.63) is 65.7 Å². The fourth-order valence-corrected chi connectivity index (χ4v) is 2.14. The molecule has 0 saturated carbocycles. The molecule has 4 nitrogen and oxygen atoms in total. The zero-order chi connectivity index (χ0) is 16.9. The summed E-state index contributed by atoms with van der Waals surface area (Å²) in [6.45, 7) is 0. The number of carbonyl (C=O) groups excluding carboxylic acids is 2. The molecule has 0 unspecified atom stereocenters. The molecular weight excluding hydrogens is 329 g/mol. The van der Waals surface area contributed by atoms with E-state index in [9.17, 15) is 22.8 Å². The highest BCUT2D eigenvalue weighted by atomic mass is 32.2. The van der Waals surface area contributed by atoms with Crippen LogP contribution in [0.2, 0.25) is 0 Å². The largest absolute Gasteiger partial charge is 0.416 e. The Morgan fingerprint density at radius 3 is 2.09 bits per heavy atom. The van der Waals surface area contributed by atoms with Gasteiger partial charge in [-0.25, -0.2) is 4.79 Å². The first kappa shape index (κ1) is 16.9. The lowest BCUT2D eigenvalue weighted by Crippen LogP contribution is -2.36. The Bertz CT molecular complexity index is 688. The van der Waals surface area contributed by atoms with Gasteiger partial charge in [0.05, 0.1) is 5.56 Å². The minimum Gasteiger partial charge on any atom is -0.277 e. The lowest BCUT2D eigenvalue weighted by atomic mass is 10.2. The number of halogens is 3. The first-order chi connectivity index (χ1) is 10.9. The summed E-state index contributed by atoms with van der Waals surface area (Å²) in [7, 11) is 0. The van der Waals surface area contributed by atoms with E-state index in [1.165, 1.54) is 12.1 Å². The Morgan fingerprint density at radius 2 is 1.52 bits per heavy atom. The lowest BCUT2D eigenvalue weighted by Gasteiger charge is -2.08. The fraction of sp³-hybridized carbons (Fsp3) is 0.0667. The molecule has 0 radical (unpaired) electrons. The Hall–Kier alpha value is -2.48. The molecule has 8 heteroatoms. The molecule has 3 amide bonds. The number of nitrogens with one attached hydrogen (secondary N) is 2. The Kier molecular flexibility index (Phi) is 5.28. The number of imide groups is 1. The Balaban J connectivity index is 1.86. The number of benzene rings is 2. The van der Waals surface area contributed by atoms with Crippen molar-refractivity contribution in [1.82, 2.24) is 10.0 Å². The molecule has 2 N–H and O–H groups in total. The van der Waals surface area contributed by atoms with E-state index in [-0.39, 0.29) is 0 Å². The molecule has 23 heavy (non-hydrogen) atoms. The average molecular weight is 340 g/mol. The molecule has 0 atom stereocenters. The average Bonchev–Trinajstić information content (AvgIpc) is 2.53. The van der Waals surface area contributed by atoms with Gasteiger partial charge in [0.1, 0.15) is 0 Å². The van der Waals surface area contributed by atoms with Crippen LogP contribution in [0.15, 0.2) is 59.5 Å². The summed E-state index contributed by atoms with van der Waals surface area (Å²) in [4.78, 5) is 23.7. The lowest BCUT2D eigenvalue weighted by molar-refractivity contribution is -0.137. The number of carbonyl (C=O) groups is 2. The SMILES string of the molecule is O=C(NSc1ccc(C(F)(F)F)cc1)NC(=O)c1ccccc1. The molecule has 0 aliphatic carbocycles. The Morgan fingerprint density at radius 1 is 0.913 bits per heavy atom. The summed E-state index contributed by atoms with van der Waals surface area (Å²) in [6, 6.07) is 11.7. The van der Waals surface area contributed by atoms with Crippen molar-refractivity contribution >= 4 is 23.9 Å². The van der Waals surface area contributed by atoms with E-state index in [2.05, 4.69) is 10.0 Å². The minimum absolute atomic E-state index is 0.321. The topological polar surface area (TPSA) is 58.2 Å². The van der Waals surface area contributed by atoms with E-state index >= 15 is 0 Å². The van der Waals surface area contributed by atoms with Gasteiger partial charge in [0.15, 0.2) is 0 Å². The summed E-state index contributed by atoms with van der Waals surface area (Å²) in [5.74, 6) is -0.573. The van der Waals surface area contributed by atoms with Crippen molar-refractivity contribution in [3.8, 4) is 0 Å². The standard InChI is InChI=1S/C15H11F3N2O2S/c16-15(17,18)11-6-8-12(9-7-11)23-20-14(22)19-13(21)10-4-2-1-3-5-10/h1-9H,(H2,19,20,21,22). The monoisotopic (exact) mass is 340 g/mol. The van der Waals surface area contributed by atoms with Gasteiger partial charge in [0, 0.05) is 10.5 Å². The first-order valence-electron chi connectivity index (χ1n) is 6.37. The van der Waals surface area contributed by atoms with Crippen LogP contribution in [0.5, 0.6) is 0 Å². The number of alkyl halides is 3. The van der Waals surface area contributed by atoms with Gasteiger partial charge >= 0.3 is 12.2 Å². The van der Waals surface area contributed by atoms with Crippen LogP contribution in [0.4, 0.5) is 18.0 Å². The van der Waals surface area contributed by atoms with Crippen molar-refractivity contribution in [2.24, 2.45) is 0 Å². The van der Waals surface area contributed by atoms with Crippen molar-refractivity contribution < 1.29 is 22.8 Å². The van der Waals surface area contributed by atoms with Gasteiger partial charge in [-0.15, -0.1) is 0 Å². The summed E-state index contributed by atoms with van der Waals surface area (Å²) < 4.78 is 39.6. The van der Waals surface area contributed by atoms with Crippen LogP contribution in [0.3, 0.4) is 0 Å². The number of hydrogen-bond acceptors (Lipinski definition) is 3. The maximum absolute atomic E-state index is 12.4. The van der Waals surface area contributed by atoms with Crippen molar-refractivity contribution in [3.63, 3.8) is 0 Å². The fourth-order valence-electron chi connectivity index (χ4n) is 1.61. The zero-order valence-electron chi connectivity index (χ0n) is 11.6.